The number of para-hydroxylation sites is 1. The maximum Gasteiger partial charge on any atom is 0.297 e. The minimum Gasteiger partial charge on any atom is -0.507 e. The van der Waals surface area contributed by atoms with E-state index in [1.165, 1.54) is 12.3 Å². The van der Waals surface area contributed by atoms with Gasteiger partial charge in [-0.15, -0.1) is 0 Å². The van der Waals surface area contributed by atoms with Crippen molar-refractivity contribution < 1.29 is 10.2 Å². The molecule has 1 aromatic heterocycles. The lowest BCUT2D eigenvalue weighted by atomic mass is 10.1. The summed E-state index contributed by atoms with van der Waals surface area (Å²) in [5, 5.41) is 19.9. The third kappa shape index (κ3) is 4.48. The van der Waals surface area contributed by atoms with Crippen molar-refractivity contribution in [3.63, 3.8) is 0 Å². The van der Waals surface area contributed by atoms with E-state index in [9.17, 15) is 15.0 Å². The molecule has 6 heteroatoms. The molecule has 0 bridgehead atoms. The van der Waals surface area contributed by atoms with Gasteiger partial charge in [0.15, 0.2) is 5.69 Å². The molecule has 0 fully saturated rings. The number of aromatic nitrogens is 2. The molecule has 0 unspecified atom stereocenters. The van der Waals surface area contributed by atoms with Crippen LogP contribution in [0.3, 0.4) is 0 Å². The van der Waals surface area contributed by atoms with Gasteiger partial charge in [-0.2, -0.15) is 0 Å². The molecule has 0 atom stereocenters. The van der Waals surface area contributed by atoms with Gasteiger partial charge in [-0.3, -0.25) is 9.48 Å². The van der Waals surface area contributed by atoms with Crippen molar-refractivity contribution in [1.82, 2.24) is 9.36 Å². The first-order chi connectivity index (χ1) is 13.7. The van der Waals surface area contributed by atoms with Gasteiger partial charge in [-0.25, -0.2) is 9.67 Å². The SMILES string of the molecule is Cc1c(N=Cc2cc(C#CC(C)(C)O)ccc2O)c(=O)n(-c2ccccc2)n1C. The number of nitrogens with zero attached hydrogens (tertiary/aromatic N) is 3. The molecule has 2 N–H and O–H groups in total. The summed E-state index contributed by atoms with van der Waals surface area (Å²) in [6.07, 6.45) is 1.45. The van der Waals surface area contributed by atoms with Gasteiger partial charge in [0.1, 0.15) is 11.4 Å². The van der Waals surface area contributed by atoms with Gasteiger partial charge >= 0.3 is 0 Å². The predicted molar refractivity (Wildman–Crippen MR) is 114 cm³/mol. The number of phenolic OH excluding ortho intramolecular Hbond substituents is 1. The van der Waals surface area contributed by atoms with Crippen molar-refractivity contribution >= 4 is 11.9 Å². The lowest BCUT2D eigenvalue weighted by molar-refractivity contribution is 0.143. The van der Waals surface area contributed by atoms with Gasteiger partial charge in [0.25, 0.3) is 5.56 Å². The Hall–Kier alpha value is -3.56. The molecule has 3 aromatic rings. The lowest BCUT2D eigenvalue weighted by Crippen LogP contribution is -2.19. The molecule has 0 spiro atoms. The molecule has 6 nitrogen and oxygen atoms in total. The second kappa shape index (κ2) is 7.82. The Kier molecular flexibility index (Phi) is 5.44. The van der Waals surface area contributed by atoms with E-state index in [1.54, 1.807) is 42.4 Å². The molecule has 0 aliphatic rings. The molecule has 0 aliphatic carbocycles. The number of hydrogen-bond donors (Lipinski definition) is 2. The van der Waals surface area contributed by atoms with Gasteiger partial charge in [0.05, 0.1) is 11.4 Å². The Bertz CT molecular complexity index is 1180. The quantitative estimate of drug-likeness (QED) is 0.534. The molecule has 0 saturated carbocycles. The van der Waals surface area contributed by atoms with E-state index >= 15 is 0 Å². The zero-order valence-electron chi connectivity index (χ0n) is 16.8. The molecule has 0 radical (unpaired) electrons. The van der Waals surface area contributed by atoms with Crippen LogP contribution < -0.4 is 5.56 Å². The first-order valence-electron chi connectivity index (χ1n) is 9.14. The fraction of sp³-hybridized carbons (Fsp3) is 0.217. The molecule has 29 heavy (non-hydrogen) atoms. The third-order valence-corrected chi connectivity index (χ3v) is 4.40. The van der Waals surface area contributed by atoms with Crippen LogP contribution in [0.25, 0.3) is 5.69 Å². The Labute approximate surface area is 169 Å². The highest BCUT2D eigenvalue weighted by molar-refractivity contribution is 5.86. The predicted octanol–water partition coefficient (Wildman–Crippen LogP) is 3.06. The van der Waals surface area contributed by atoms with Crippen molar-refractivity contribution in [2.75, 3.05) is 0 Å². The number of aliphatic imine (C=N–C) groups is 1. The summed E-state index contributed by atoms with van der Waals surface area (Å²) in [5.74, 6) is 5.62. The van der Waals surface area contributed by atoms with Crippen LogP contribution in [-0.2, 0) is 7.05 Å². The van der Waals surface area contributed by atoms with E-state index in [1.807, 2.05) is 37.3 Å². The molecule has 3 rings (SSSR count). The lowest BCUT2D eigenvalue weighted by Gasteiger charge is -2.07. The Morgan fingerprint density at radius 2 is 1.83 bits per heavy atom. The second-order valence-electron chi connectivity index (χ2n) is 7.25. The maximum absolute atomic E-state index is 12.9. The fourth-order valence-corrected chi connectivity index (χ4v) is 2.80. The molecular formula is C23H23N3O3. The van der Waals surface area contributed by atoms with E-state index in [0.717, 1.165) is 5.69 Å². The van der Waals surface area contributed by atoms with E-state index in [0.29, 0.717) is 22.5 Å². The summed E-state index contributed by atoms with van der Waals surface area (Å²) in [6.45, 7) is 5.01. The number of benzene rings is 2. The normalized spacial score (nSPS) is 11.5. The number of aliphatic hydroxyl groups is 1. The zero-order valence-corrected chi connectivity index (χ0v) is 16.8. The van der Waals surface area contributed by atoms with Gasteiger partial charge < -0.3 is 10.2 Å². The minimum absolute atomic E-state index is 0.0273. The summed E-state index contributed by atoms with van der Waals surface area (Å²) in [7, 11) is 1.80. The average molecular weight is 389 g/mol. The fourth-order valence-electron chi connectivity index (χ4n) is 2.80. The van der Waals surface area contributed by atoms with E-state index in [4.69, 9.17) is 0 Å². The highest BCUT2D eigenvalue weighted by Gasteiger charge is 2.15. The zero-order chi connectivity index (χ0) is 21.2. The third-order valence-electron chi connectivity index (χ3n) is 4.40. The number of phenols is 1. The van der Waals surface area contributed by atoms with Crippen molar-refractivity contribution in [2.24, 2.45) is 12.0 Å². The van der Waals surface area contributed by atoms with Crippen LogP contribution in [0.5, 0.6) is 5.75 Å². The summed E-state index contributed by atoms with van der Waals surface area (Å²) < 4.78 is 3.29. The van der Waals surface area contributed by atoms with E-state index in [2.05, 4.69) is 16.8 Å². The van der Waals surface area contributed by atoms with E-state index < -0.39 is 5.60 Å². The summed E-state index contributed by atoms with van der Waals surface area (Å²) >= 11 is 0. The van der Waals surface area contributed by atoms with Gasteiger partial charge in [-0.1, -0.05) is 30.0 Å². The maximum atomic E-state index is 12.9. The Morgan fingerprint density at radius 3 is 2.48 bits per heavy atom. The highest BCUT2D eigenvalue weighted by atomic mass is 16.3. The molecule has 0 amide bonds. The van der Waals surface area contributed by atoms with Crippen molar-refractivity contribution in [2.45, 2.75) is 26.4 Å². The number of hydrogen-bond acceptors (Lipinski definition) is 4. The average Bonchev–Trinajstić information content (AvgIpc) is 2.89. The number of aromatic hydroxyl groups is 1. The standard InChI is InChI=1S/C23H23N3O3/c1-16-21(22(28)26(25(16)4)19-8-6-5-7-9-19)24-15-18-14-17(10-11-20(18)27)12-13-23(2,3)29/h5-11,14-15,27,29H,1-4H3. The van der Waals surface area contributed by atoms with Crippen LogP contribution in [0.15, 0.2) is 58.3 Å². The molecule has 2 aromatic carbocycles. The molecule has 0 aliphatic heterocycles. The second-order valence-corrected chi connectivity index (χ2v) is 7.25. The van der Waals surface area contributed by atoms with Crippen molar-refractivity contribution in [3.8, 4) is 23.3 Å². The van der Waals surface area contributed by atoms with Crippen LogP contribution in [0.1, 0.15) is 30.7 Å². The van der Waals surface area contributed by atoms with E-state index in [-0.39, 0.29) is 11.3 Å². The van der Waals surface area contributed by atoms with Crippen molar-refractivity contribution in [3.05, 3.63) is 75.7 Å². The highest BCUT2D eigenvalue weighted by Crippen LogP contribution is 2.20. The first kappa shape index (κ1) is 20.2. The monoisotopic (exact) mass is 389 g/mol. The van der Waals surface area contributed by atoms with Crippen LogP contribution in [0.2, 0.25) is 0 Å². The Balaban J connectivity index is 2.01. The summed E-state index contributed by atoms with van der Waals surface area (Å²) in [6, 6.07) is 14.1. The Morgan fingerprint density at radius 1 is 1.14 bits per heavy atom. The number of rotatable bonds is 3. The molecule has 148 valence electrons. The first-order valence-corrected chi connectivity index (χ1v) is 9.14. The topological polar surface area (TPSA) is 79.8 Å². The molecule has 0 saturated heterocycles. The molecule has 1 heterocycles. The molecular weight excluding hydrogens is 366 g/mol. The van der Waals surface area contributed by atoms with Crippen LogP contribution in [0.4, 0.5) is 5.69 Å². The van der Waals surface area contributed by atoms with Gasteiger partial charge in [0, 0.05) is 24.4 Å². The largest absolute Gasteiger partial charge is 0.507 e. The van der Waals surface area contributed by atoms with Crippen LogP contribution in [0, 0.1) is 18.8 Å². The van der Waals surface area contributed by atoms with Gasteiger partial charge in [-0.05, 0) is 51.1 Å². The van der Waals surface area contributed by atoms with Crippen LogP contribution in [-0.4, -0.2) is 31.4 Å². The smallest absolute Gasteiger partial charge is 0.297 e. The van der Waals surface area contributed by atoms with Gasteiger partial charge in [0.2, 0.25) is 0 Å². The summed E-state index contributed by atoms with van der Waals surface area (Å²) in [4.78, 5) is 17.3. The van der Waals surface area contributed by atoms with Crippen LogP contribution >= 0.6 is 0 Å². The summed E-state index contributed by atoms with van der Waals surface area (Å²) in [5.41, 5.74) is 1.44. The minimum atomic E-state index is -1.12. The van der Waals surface area contributed by atoms with Crippen molar-refractivity contribution in [1.29, 1.82) is 0 Å².